The van der Waals surface area contributed by atoms with Gasteiger partial charge in [-0.2, -0.15) is 4.98 Å². The topological polar surface area (TPSA) is 41.1 Å². The summed E-state index contributed by atoms with van der Waals surface area (Å²) in [5, 5.41) is 3.12. The summed E-state index contributed by atoms with van der Waals surface area (Å²) in [4.78, 5) is 10.4. The zero-order valence-corrected chi connectivity index (χ0v) is 12.7. The minimum Gasteiger partial charge on any atom is -0.354 e. The van der Waals surface area contributed by atoms with Crippen molar-refractivity contribution in [3.63, 3.8) is 0 Å². The molecule has 1 N–H and O–H groups in total. The molecule has 112 valence electrons. The molecule has 0 saturated carbocycles. The van der Waals surface area contributed by atoms with Crippen LogP contribution >= 0.6 is 0 Å². The summed E-state index contributed by atoms with van der Waals surface area (Å²) in [5.74, 6) is 0.645. The highest BCUT2D eigenvalue weighted by Gasteiger charge is 2.36. The van der Waals surface area contributed by atoms with E-state index in [0.717, 1.165) is 45.3 Å². The second-order valence-electron chi connectivity index (χ2n) is 5.67. The average Bonchev–Trinajstić information content (AvgIpc) is 2.91. The van der Waals surface area contributed by atoms with Crippen LogP contribution < -0.4 is 10.2 Å². The molecule has 1 aromatic rings. The fourth-order valence-electron chi connectivity index (χ4n) is 2.84. The van der Waals surface area contributed by atoms with Gasteiger partial charge >= 0.3 is 0 Å². The molecule has 0 spiro atoms. The van der Waals surface area contributed by atoms with Gasteiger partial charge in [-0.15, -0.1) is 0 Å². The summed E-state index contributed by atoms with van der Waals surface area (Å²) >= 11 is 0. The Balaban J connectivity index is 2.16. The molecule has 1 saturated heterocycles. The van der Waals surface area contributed by atoms with Crippen molar-refractivity contribution in [3.8, 4) is 0 Å². The van der Waals surface area contributed by atoms with Gasteiger partial charge in [-0.25, -0.2) is 9.37 Å². The van der Waals surface area contributed by atoms with Gasteiger partial charge < -0.3 is 10.2 Å². The van der Waals surface area contributed by atoms with Crippen LogP contribution in [-0.4, -0.2) is 29.6 Å². The normalized spacial score (nSPS) is 17.5. The highest BCUT2D eigenvalue weighted by Crippen LogP contribution is 2.39. The minimum absolute atomic E-state index is 0.314. The lowest BCUT2D eigenvalue weighted by Crippen LogP contribution is -2.27. The van der Waals surface area contributed by atoms with E-state index in [-0.39, 0.29) is 5.82 Å². The molecule has 0 bridgehead atoms. The van der Waals surface area contributed by atoms with E-state index in [4.69, 9.17) is 0 Å². The molecule has 2 heterocycles. The first-order valence-electron chi connectivity index (χ1n) is 7.65. The first-order valence-corrected chi connectivity index (χ1v) is 7.65. The Hall–Kier alpha value is -1.39. The van der Waals surface area contributed by atoms with Crippen LogP contribution in [0.3, 0.4) is 0 Å². The molecule has 1 aromatic heterocycles. The molecule has 4 nitrogen and oxygen atoms in total. The number of nitrogens with zero attached hydrogens (tertiary/aromatic N) is 3. The third-order valence-corrected chi connectivity index (χ3v) is 4.50. The molecule has 0 radical (unpaired) electrons. The quantitative estimate of drug-likeness (QED) is 0.866. The van der Waals surface area contributed by atoms with E-state index in [1.807, 2.05) is 0 Å². The largest absolute Gasteiger partial charge is 0.354 e. The molecule has 0 aliphatic carbocycles. The molecular weight excluding hydrogens is 255 g/mol. The molecular formula is C15H25FN4. The molecule has 1 fully saturated rings. The number of hydrogen-bond acceptors (Lipinski definition) is 4. The maximum absolute atomic E-state index is 14.0. The number of aromatic nitrogens is 2. The third-order valence-electron chi connectivity index (χ3n) is 4.50. The van der Waals surface area contributed by atoms with Gasteiger partial charge in [0.15, 0.2) is 11.6 Å². The van der Waals surface area contributed by atoms with Gasteiger partial charge in [-0.3, -0.25) is 0 Å². The van der Waals surface area contributed by atoms with Crippen molar-refractivity contribution in [1.29, 1.82) is 0 Å². The third kappa shape index (κ3) is 3.02. The Bertz CT molecular complexity index is 445. The Morgan fingerprint density at radius 2 is 2.10 bits per heavy atom. The molecule has 0 amide bonds. The maximum Gasteiger partial charge on any atom is 0.224 e. The summed E-state index contributed by atoms with van der Waals surface area (Å²) in [7, 11) is 0. The first kappa shape index (κ1) is 15.0. The summed E-state index contributed by atoms with van der Waals surface area (Å²) < 4.78 is 14.0. The predicted octanol–water partition coefficient (Wildman–Crippen LogP) is 3.45. The molecule has 0 unspecified atom stereocenters. The van der Waals surface area contributed by atoms with E-state index in [1.165, 1.54) is 6.20 Å². The van der Waals surface area contributed by atoms with E-state index in [9.17, 15) is 4.39 Å². The number of nitrogens with one attached hydrogen (secondary N) is 1. The van der Waals surface area contributed by atoms with E-state index in [0.29, 0.717) is 17.2 Å². The lowest BCUT2D eigenvalue weighted by atomic mass is 9.82. The molecule has 1 aliphatic heterocycles. The minimum atomic E-state index is -0.324. The van der Waals surface area contributed by atoms with Crippen molar-refractivity contribution in [2.24, 2.45) is 5.41 Å². The molecule has 0 aromatic carbocycles. The molecule has 5 heteroatoms. The van der Waals surface area contributed by atoms with Crippen LogP contribution in [0.5, 0.6) is 0 Å². The molecule has 20 heavy (non-hydrogen) atoms. The van der Waals surface area contributed by atoms with Crippen LogP contribution in [0.15, 0.2) is 6.20 Å². The Kier molecular flexibility index (Phi) is 4.78. The second kappa shape index (κ2) is 6.37. The number of anilines is 2. The van der Waals surface area contributed by atoms with Gasteiger partial charge in [0.05, 0.1) is 6.20 Å². The van der Waals surface area contributed by atoms with Crippen molar-refractivity contribution >= 4 is 11.8 Å². The number of rotatable bonds is 6. The van der Waals surface area contributed by atoms with Gasteiger partial charge in [-0.1, -0.05) is 20.8 Å². The second-order valence-corrected chi connectivity index (χ2v) is 5.67. The Labute approximate surface area is 120 Å². The van der Waals surface area contributed by atoms with E-state index >= 15 is 0 Å². The van der Waals surface area contributed by atoms with Crippen LogP contribution in [0.1, 0.15) is 46.5 Å². The van der Waals surface area contributed by atoms with Crippen molar-refractivity contribution in [1.82, 2.24) is 9.97 Å². The molecule has 0 atom stereocenters. The predicted molar refractivity (Wildman–Crippen MR) is 80.6 cm³/mol. The van der Waals surface area contributed by atoms with Gasteiger partial charge in [0.1, 0.15) is 0 Å². The van der Waals surface area contributed by atoms with Crippen LogP contribution in [0.25, 0.3) is 0 Å². The summed E-state index contributed by atoms with van der Waals surface area (Å²) in [6.07, 6.45) is 5.65. The van der Waals surface area contributed by atoms with E-state index in [1.54, 1.807) is 0 Å². The first-order chi connectivity index (χ1) is 9.64. The molecule has 2 rings (SSSR count). The molecule has 1 aliphatic rings. The van der Waals surface area contributed by atoms with Crippen molar-refractivity contribution < 1.29 is 4.39 Å². The Morgan fingerprint density at radius 1 is 1.35 bits per heavy atom. The van der Waals surface area contributed by atoms with E-state index in [2.05, 4.69) is 41.0 Å². The van der Waals surface area contributed by atoms with Crippen LogP contribution in [0.4, 0.5) is 16.2 Å². The van der Waals surface area contributed by atoms with Crippen LogP contribution in [-0.2, 0) is 0 Å². The van der Waals surface area contributed by atoms with Crippen molar-refractivity contribution in [2.75, 3.05) is 29.9 Å². The lowest BCUT2D eigenvalue weighted by molar-refractivity contribution is 0.301. The van der Waals surface area contributed by atoms with Gasteiger partial charge in [0.2, 0.25) is 5.95 Å². The van der Waals surface area contributed by atoms with Crippen molar-refractivity contribution in [2.45, 2.75) is 46.5 Å². The number of halogens is 1. The highest BCUT2D eigenvalue weighted by molar-refractivity contribution is 5.45. The SMILES string of the molecule is CCCNc1ncc(F)c(N2CCC(CC)(CC)C2)n1. The zero-order valence-electron chi connectivity index (χ0n) is 12.7. The van der Waals surface area contributed by atoms with Gasteiger partial charge in [0, 0.05) is 19.6 Å². The summed E-state index contributed by atoms with van der Waals surface area (Å²) in [6.45, 7) is 9.09. The summed E-state index contributed by atoms with van der Waals surface area (Å²) in [6, 6.07) is 0. The van der Waals surface area contributed by atoms with Gasteiger partial charge in [0.25, 0.3) is 0 Å². The monoisotopic (exact) mass is 280 g/mol. The average molecular weight is 280 g/mol. The smallest absolute Gasteiger partial charge is 0.224 e. The van der Waals surface area contributed by atoms with Crippen LogP contribution in [0, 0.1) is 11.2 Å². The van der Waals surface area contributed by atoms with Gasteiger partial charge in [-0.05, 0) is 31.1 Å². The fraction of sp³-hybridized carbons (Fsp3) is 0.733. The maximum atomic E-state index is 14.0. The highest BCUT2D eigenvalue weighted by atomic mass is 19.1. The zero-order chi connectivity index (χ0) is 14.6. The van der Waals surface area contributed by atoms with Crippen LogP contribution in [0.2, 0.25) is 0 Å². The van der Waals surface area contributed by atoms with E-state index < -0.39 is 0 Å². The fourth-order valence-corrected chi connectivity index (χ4v) is 2.84. The number of hydrogen-bond donors (Lipinski definition) is 1. The van der Waals surface area contributed by atoms with Crippen molar-refractivity contribution in [3.05, 3.63) is 12.0 Å². The lowest BCUT2D eigenvalue weighted by Gasteiger charge is -2.26. The summed E-state index contributed by atoms with van der Waals surface area (Å²) in [5.41, 5.74) is 0.314. The Morgan fingerprint density at radius 3 is 2.70 bits per heavy atom. The standard InChI is InChI=1S/C15H25FN4/c1-4-8-17-14-18-10-12(16)13(19-14)20-9-7-15(5-2,6-3)11-20/h10H,4-9,11H2,1-3H3,(H,17,18,19).